The van der Waals surface area contributed by atoms with Gasteiger partial charge in [0.15, 0.2) is 0 Å². The minimum atomic E-state index is -3.88. The highest BCUT2D eigenvalue weighted by atomic mass is 32.2. The van der Waals surface area contributed by atoms with Crippen molar-refractivity contribution in [2.45, 2.75) is 54.2 Å². The van der Waals surface area contributed by atoms with Crippen molar-refractivity contribution in [3.63, 3.8) is 0 Å². The SMILES string of the molecule is CCCC[C@@]1(C)CN(c2ccccc2)c2cc(S(C)=O)c(CSCC(=O)O)cc2S(=O)(=O)N1. The molecule has 1 unspecified atom stereocenters. The summed E-state index contributed by atoms with van der Waals surface area (Å²) < 4.78 is 42.6. The van der Waals surface area contributed by atoms with Crippen molar-refractivity contribution >= 4 is 49.9 Å². The van der Waals surface area contributed by atoms with Gasteiger partial charge in [-0.05, 0) is 43.2 Å². The molecule has 0 saturated heterocycles. The first kappa shape index (κ1) is 25.7. The van der Waals surface area contributed by atoms with Gasteiger partial charge in [0.25, 0.3) is 0 Å². The molecule has 1 aliphatic rings. The van der Waals surface area contributed by atoms with Gasteiger partial charge in [-0.3, -0.25) is 9.00 Å². The number of sulfonamides is 1. The molecule has 2 aromatic carbocycles. The van der Waals surface area contributed by atoms with Crippen molar-refractivity contribution < 1.29 is 22.5 Å². The van der Waals surface area contributed by atoms with Crippen LogP contribution in [-0.4, -0.2) is 47.8 Å². The third kappa shape index (κ3) is 6.17. The molecule has 0 fully saturated rings. The number of nitrogens with zero attached hydrogens (tertiary/aromatic N) is 1. The molecule has 1 aliphatic heterocycles. The number of carboxylic acid groups (broad SMARTS) is 1. The van der Waals surface area contributed by atoms with E-state index in [1.807, 2.05) is 42.2 Å². The Morgan fingerprint density at radius 3 is 2.58 bits per heavy atom. The predicted molar refractivity (Wildman–Crippen MR) is 134 cm³/mol. The number of fused-ring (bicyclic) bond motifs is 1. The summed E-state index contributed by atoms with van der Waals surface area (Å²) in [5.41, 5.74) is 1.19. The zero-order valence-corrected chi connectivity index (χ0v) is 21.5. The molecule has 2 aromatic rings. The number of thioether (sulfide) groups is 1. The summed E-state index contributed by atoms with van der Waals surface area (Å²) in [6.45, 7) is 4.42. The molecular formula is C23H30N2O5S3. The van der Waals surface area contributed by atoms with Crippen LogP contribution in [0.25, 0.3) is 0 Å². The number of carboxylic acids is 1. The summed E-state index contributed by atoms with van der Waals surface area (Å²) in [5.74, 6) is -0.823. The molecule has 0 aliphatic carbocycles. The third-order valence-corrected chi connectivity index (χ3v) is 9.19. The maximum Gasteiger partial charge on any atom is 0.313 e. The molecule has 10 heteroatoms. The molecule has 33 heavy (non-hydrogen) atoms. The van der Waals surface area contributed by atoms with E-state index < -0.39 is 32.3 Å². The Morgan fingerprint density at radius 2 is 1.97 bits per heavy atom. The number of hydrogen-bond acceptors (Lipinski definition) is 6. The van der Waals surface area contributed by atoms with E-state index >= 15 is 0 Å². The molecule has 0 aromatic heterocycles. The van der Waals surface area contributed by atoms with Crippen LogP contribution in [0.4, 0.5) is 11.4 Å². The Kier molecular flexibility index (Phi) is 8.26. The average molecular weight is 511 g/mol. The zero-order valence-electron chi connectivity index (χ0n) is 19.0. The highest BCUT2D eigenvalue weighted by molar-refractivity contribution is 7.99. The number of anilines is 2. The normalized spacial score (nSPS) is 20.6. The summed E-state index contributed by atoms with van der Waals surface area (Å²) in [5, 5.41) is 8.98. The number of nitrogens with one attached hydrogen (secondary N) is 1. The lowest BCUT2D eigenvalue weighted by Crippen LogP contribution is -2.50. The van der Waals surface area contributed by atoms with E-state index in [1.54, 1.807) is 18.4 Å². The first-order chi connectivity index (χ1) is 15.6. The maximum atomic E-state index is 13.5. The molecule has 0 bridgehead atoms. The van der Waals surface area contributed by atoms with Gasteiger partial charge in [0.1, 0.15) is 4.90 Å². The average Bonchev–Trinajstić information content (AvgIpc) is 2.84. The lowest BCUT2D eigenvalue weighted by molar-refractivity contribution is -0.133. The summed E-state index contributed by atoms with van der Waals surface area (Å²) >= 11 is 1.15. The second-order valence-electron chi connectivity index (χ2n) is 8.46. The number of para-hydroxylation sites is 1. The summed E-state index contributed by atoms with van der Waals surface area (Å²) in [4.78, 5) is 13.6. The zero-order chi connectivity index (χ0) is 24.2. The number of benzene rings is 2. The number of carbonyl (C=O) groups is 1. The van der Waals surface area contributed by atoms with Crippen LogP contribution in [0.3, 0.4) is 0 Å². The van der Waals surface area contributed by atoms with Crippen molar-refractivity contribution in [2.24, 2.45) is 0 Å². The number of hydrogen-bond donors (Lipinski definition) is 2. The lowest BCUT2D eigenvalue weighted by Gasteiger charge is -2.34. The van der Waals surface area contributed by atoms with Crippen molar-refractivity contribution in [3.05, 3.63) is 48.0 Å². The first-order valence-electron chi connectivity index (χ1n) is 10.7. The summed E-state index contributed by atoms with van der Waals surface area (Å²) in [6, 6.07) is 12.8. The molecular weight excluding hydrogens is 480 g/mol. The van der Waals surface area contributed by atoms with E-state index in [1.165, 1.54) is 0 Å². The van der Waals surface area contributed by atoms with Crippen LogP contribution in [0.5, 0.6) is 0 Å². The predicted octanol–water partition coefficient (Wildman–Crippen LogP) is 4.12. The van der Waals surface area contributed by atoms with Gasteiger partial charge in [0, 0.05) is 34.7 Å². The van der Waals surface area contributed by atoms with Gasteiger partial charge in [-0.1, -0.05) is 38.0 Å². The van der Waals surface area contributed by atoms with Gasteiger partial charge in [0.2, 0.25) is 10.0 Å². The molecule has 2 N–H and O–H groups in total. The minimum absolute atomic E-state index is 0.117. The van der Waals surface area contributed by atoms with Crippen LogP contribution in [0.1, 0.15) is 38.7 Å². The Hall–Kier alpha value is -1.88. The second kappa shape index (κ2) is 10.6. The molecule has 0 radical (unpaired) electrons. The Morgan fingerprint density at radius 1 is 1.27 bits per heavy atom. The van der Waals surface area contributed by atoms with E-state index in [9.17, 15) is 17.4 Å². The number of aliphatic carboxylic acids is 1. The van der Waals surface area contributed by atoms with Crippen molar-refractivity contribution in [1.82, 2.24) is 4.72 Å². The van der Waals surface area contributed by atoms with Gasteiger partial charge in [-0.15, -0.1) is 11.8 Å². The molecule has 180 valence electrons. The van der Waals surface area contributed by atoms with Gasteiger partial charge < -0.3 is 10.0 Å². The standard InChI is InChI=1S/C23H30N2O5S3/c1-4-5-11-23(2)16-25(18-9-7-6-8-10-18)19-13-20(32(3)28)17(14-31-15-22(26)27)12-21(19)33(29,30)24-23/h6-10,12-13,24H,4-5,11,14-16H2,1-3H3,(H,26,27)/t23-,32?/m0/s1. The largest absolute Gasteiger partial charge is 0.481 e. The smallest absolute Gasteiger partial charge is 0.313 e. The van der Waals surface area contributed by atoms with E-state index in [-0.39, 0.29) is 16.4 Å². The Bertz CT molecular complexity index is 1140. The van der Waals surface area contributed by atoms with Crippen molar-refractivity contribution in [3.8, 4) is 0 Å². The summed E-state index contributed by atoms with van der Waals surface area (Å²) in [6.07, 6.45) is 4.04. The van der Waals surface area contributed by atoms with Crippen LogP contribution in [-0.2, 0) is 31.4 Å². The first-order valence-corrected chi connectivity index (χ1v) is 14.9. The molecule has 0 saturated carbocycles. The lowest BCUT2D eigenvalue weighted by atomic mass is 9.95. The van der Waals surface area contributed by atoms with Crippen LogP contribution in [0.15, 0.2) is 52.3 Å². The fourth-order valence-corrected chi connectivity index (χ4v) is 7.30. The highest BCUT2D eigenvalue weighted by Gasteiger charge is 2.39. The monoisotopic (exact) mass is 510 g/mol. The van der Waals surface area contributed by atoms with E-state index in [0.717, 1.165) is 30.3 Å². The number of unbranched alkanes of at least 4 members (excludes halogenated alkanes) is 1. The molecule has 3 rings (SSSR count). The topological polar surface area (TPSA) is 104 Å². The second-order valence-corrected chi connectivity index (χ2v) is 12.4. The Labute approximate surface area is 202 Å². The van der Waals surface area contributed by atoms with Crippen LogP contribution in [0, 0.1) is 0 Å². The number of rotatable bonds is 9. The molecule has 0 amide bonds. The molecule has 7 nitrogen and oxygen atoms in total. The van der Waals surface area contributed by atoms with E-state index in [4.69, 9.17) is 5.11 Å². The molecule has 1 heterocycles. The molecule has 2 atom stereocenters. The fraction of sp³-hybridized carbons (Fsp3) is 0.435. The Balaban J connectivity index is 2.20. The highest BCUT2D eigenvalue weighted by Crippen LogP contribution is 2.40. The van der Waals surface area contributed by atoms with Gasteiger partial charge in [-0.2, -0.15) is 0 Å². The quantitative estimate of drug-likeness (QED) is 0.523. The van der Waals surface area contributed by atoms with Crippen molar-refractivity contribution in [1.29, 1.82) is 0 Å². The van der Waals surface area contributed by atoms with Gasteiger partial charge >= 0.3 is 5.97 Å². The summed E-state index contributed by atoms with van der Waals surface area (Å²) in [7, 11) is -5.26. The van der Waals surface area contributed by atoms with Gasteiger partial charge in [-0.25, -0.2) is 13.1 Å². The van der Waals surface area contributed by atoms with E-state index in [0.29, 0.717) is 29.1 Å². The maximum absolute atomic E-state index is 13.5. The van der Waals surface area contributed by atoms with Crippen molar-refractivity contribution in [2.75, 3.05) is 23.5 Å². The van der Waals surface area contributed by atoms with Crippen LogP contribution < -0.4 is 9.62 Å². The van der Waals surface area contributed by atoms with Gasteiger partial charge in [0.05, 0.1) is 22.2 Å². The van der Waals surface area contributed by atoms with E-state index in [2.05, 4.69) is 11.6 Å². The van der Waals surface area contributed by atoms with Crippen LogP contribution >= 0.6 is 11.8 Å². The fourth-order valence-electron chi connectivity index (χ4n) is 4.03. The third-order valence-electron chi connectivity index (χ3n) is 5.55. The van der Waals surface area contributed by atoms with Crippen LogP contribution in [0.2, 0.25) is 0 Å². The molecule has 0 spiro atoms. The minimum Gasteiger partial charge on any atom is -0.481 e.